The molecule has 3 aliphatic heterocycles. The lowest BCUT2D eigenvalue weighted by Crippen LogP contribution is -2.54. The minimum absolute atomic E-state index is 0.186. The maximum atomic E-state index is 14.1. The van der Waals surface area contributed by atoms with Crippen LogP contribution in [-0.4, -0.2) is 27.5 Å². The van der Waals surface area contributed by atoms with E-state index < -0.39 is 0 Å². The summed E-state index contributed by atoms with van der Waals surface area (Å²) in [7, 11) is 0. The Morgan fingerprint density at radius 2 is 2.07 bits per heavy atom. The second kappa shape index (κ2) is 6.35. The number of nitrogens with zero attached hydrogens (tertiary/aromatic N) is 4. The van der Waals surface area contributed by atoms with Crippen LogP contribution in [0.4, 0.5) is 14.5 Å². The largest absolute Gasteiger partial charge is 0.365 e. The molecule has 5 heterocycles. The van der Waals surface area contributed by atoms with Crippen LogP contribution in [0.5, 0.6) is 0 Å². The molecule has 1 saturated heterocycles. The standard InChI is InChI=1S/C23H24F2N5/c1-15-11-21-26-13-20-23(27-19-3-2-8-29(15)22(19)30(20)21)6-9-28(10-7-23)14-16-12-17(24)4-5-18(16)25/h2-5,8,12-13,15,27H,6-7,9-11,14H2,1H3/q+1. The molecule has 0 amide bonds. The number of hydrogen-bond acceptors (Lipinski definition) is 3. The molecule has 1 N–H and O–H groups in total. The summed E-state index contributed by atoms with van der Waals surface area (Å²) in [6.07, 6.45) is 6.87. The van der Waals surface area contributed by atoms with Crippen molar-refractivity contribution in [1.29, 1.82) is 0 Å². The predicted molar refractivity (Wildman–Crippen MR) is 108 cm³/mol. The van der Waals surface area contributed by atoms with E-state index in [-0.39, 0.29) is 17.2 Å². The number of nitrogens with one attached hydrogen (secondary N) is 1. The van der Waals surface area contributed by atoms with Gasteiger partial charge in [0.15, 0.2) is 5.69 Å². The van der Waals surface area contributed by atoms with E-state index in [2.05, 4.69) is 44.6 Å². The number of imidazole rings is 1. The van der Waals surface area contributed by atoms with Crippen LogP contribution in [0.25, 0.3) is 5.82 Å². The van der Waals surface area contributed by atoms with Crippen molar-refractivity contribution in [3.05, 3.63) is 71.4 Å². The van der Waals surface area contributed by atoms with E-state index >= 15 is 0 Å². The number of pyridine rings is 1. The van der Waals surface area contributed by atoms with Crippen LogP contribution < -0.4 is 9.88 Å². The number of fused-ring (bicyclic) bond motifs is 1. The summed E-state index contributed by atoms with van der Waals surface area (Å²) in [6, 6.07) is 8.31. The monoisotopic (exact) mass is 408 g/mol. The molecule has 0 saturated carbocycles. The molecule has 3 aliphatic rings. The van der Waals surface area contributed by atoms with Crippen LogP contribution in [0.3, 0.4) is 0 Å². The third-order valence-electron chi connectivity index (χ3n) is 6.97. The van der Waals surface area contributed by atoms with E-state index in [1.807, 2.05) is 6.20 Å². The second-order valence-electron chi connectivity index (χ2n) is 8.82. The molecule has 1 spiro atoms. The Kier molecular flexibility index (Phi) is 3.81. The van der Waals surface area contributed by atoms with Crippen LogP contribution in [0.15, 0.2) is 42.7 Å². The average molecular weight is 408 g/mol. The van der Waals surface area contributed by atoms with E-state index in [0.717, 1.165) is 43.9 Å². The van der Waals surface area contributed by atoms with Crippen molar-refractivity contribution < 1.29 is 13.3 Å². The first-order chi connectivity index (χ1) is 14.5. The molecule has 1 atom stereocenters. The molecule has 1 unspecified atom stereocenters. The molecule has 7 heteroatoms. The van der Waals surface area contributed by atoms with Crippen LogP contribution in [0.1, 0.15) is 42.9 Å². The van der Waals surface area contributed by atoms with Gasteiger partial charge in [0.05, 0.1) is 18.8 Å². The third-order valence-corrected chi connectivity index (χ3v) is 6.97. The first kappa shape index (κ1) is 18.0. The van der Waals surface area contributed by atoms with Gasteiger partial charge in [-0.05, 0) is 50.1 Å². The first-order valence-electron chi connectivity index (χ1n) is 10.6. The number of hydrogen-bond donors (Lipinski definition) is 1. The fourth-order valence-corrected chi connectivity index (χ4v) is 5.38. The smallest absolute Gasteiger partial charge is 0.311 e. The highest BCUT2D eigenvalue weighted by atomic mass is 19.1. The number of benzene rings is 1. The van der Waals surface area contributed by atoms with Gasteiger partial charge in [-0.25, -0.2) is 18.3 Å². The minimum atomic E-state index is -0.390. The number of halogens is 2. The molecular formula is C23H24F2N5+. The second-order valence-corrected chi connectivity index (χ2v) is 8.82. The lowest BCUT2D eigenvalue weighted by atomic mass is 9.82. The molecule has 0 bridgehead atoms. The Hall–Kier alpha value is -2.80. The van der Waals surface area contributed by atoms with E-state index in [0.29, 0.717) is 18.2 Å². The molecule has 30 heavy (non-hydrogen) atoms. The minimum Gasteiger partial charge on any atom is -0.365 e. The number of likely N-dealkylation sites (tertiary alicyclic amines) is 1. The van der Waals surface area contributed by atoms with E-state index in [4.69, 9.17) is 4.98 Å². The normalized spacial score (nSPS) is 21.4. The summed E-state index contributed by atoms with van der Waals surface area (Å²) in [5.74, 6) is 1.56. The Morgan fingerprint density at radius 1 is 1.23 bits per heavy atom. The molecule has 5 nitrogen and oxygen atoms in total. The Balaban J connectivity index is 1.30. The van der Waals surface area contributed by atoms with Crippen molar-refractivity contribution in [3.8, 4) is 5.82 Å². The molecule has 154 valence electrons. The summed E-state index contributed by atoms with van der Waals surface area (Å²) < 4.78 is 32.3. The van der Waals surface area contributed by atoms with Gasteiger partial charge < -0.3 is 5.32 Å². The van der Waals surface area contributed by atoms with Crippen molar-refractivity contribution in [3.63, 3.8) is 0 Å². The lowest BCUT2D eigenvalue weighted by molar-refractivity contribution is -0.716. The lowest BCUT2D eigenvalue weighted by Gasteiger charge is -2.44. The third kappa shape index (κ3) is 2.54. The SMILES string of the molecule is CC1Cc2ncc3n2-c2c(ccc[n+]21)NC31CCN(Cc2cc(F)ccc2F)CC1. The zero-order valence-electron chi connectivity index (χ0n) is 16.9. The molecule has 2 aromatic heterocycles. The zero-order chi connectivity index (χ0) is 20.5. The summed E-state index contributed by atoms with van der Waals surface area (Å²) in [6.45, 7) is 4.27. The van der Waals surface area contributed by atoms with Crippen LogP contribution in [0, 0.1) is 11.6 Å². The maximum absolute atomic E-state index is 14.1. The van der Waals surface area contributed by atoms with Crippen LogP contribution in [-0.2, 0) is 18.5 Å². The van der Waals surface area contributed by atoms with Crippen molar-refractivity contribution >= 4 is 5.69 Å². The van der Waals surface area contributed by atoms with Crippen molar-refractivity contribution in [2.24, 2.45) is 0 Å². The molecular weight excluding hydrogens is 384 g/mol. The van der Waals surface area contributed by atoms with Gasteiger partial charge in [-0.2, -0.15) is 4.57 Å². The van der Waals surface area contributed by atoms with Gasteiger partial charge in [-0.3, -0.25) is 4.90 Å². The van der Waals surface area contributed by atoms with Crippen LogP contribution in [0.2, 0.25) is 0 Å². The molecule has 1 aromatic carbocycles. The fraction of sp³-hybridized carbons (Fsp3) is 0.391. The molecule has 1 fully saturated rings. The van der Waals surface area contributed by atoms with Gasteiger partial charge in [-0.15, -0.1) is 0 Å². The summed E-state index contributed by atoms with van der Waals surface area (Å²) in [5, 5.41) is 3.84. The quantitative estimate of drug-likeness (QED) is 0.660. The Bertz CT molecular complexity index is 1150. The van der Waals surface area contributed by atoms with Gasteiger partial charge in [0, 0.05) is 25.2 Å². The number of piperidine rings is 1. The highest BCUT2D eigenvalue weighted by Gasteiger charge is 2.49. The number of aromatic nitrogens is 3. The predicted octanol–water partition coefficient (Wildman–Crippen LogP) is 3.47. The summed E-state index contributed by atoms with van der Waals surface area (Å²) in [4.78, 5) is 6.98. The van der Waals surface area contributed by atoms with Crippen LogP contribution >= 0.6 is 0 Å². The molecule has 3 aromatic rings. The summed E-state index contributed by atoms with van der Waals surface area (Å²) >= 11 is 0. The van der Waals surface area contributed by atoms with Crippen molar-refractivity contribution in [2.75, 3.05) is 18.4 Å². The first-order valence-corrected chi connectivity index (χ1v) is 10.6. The summed E-state index contributed by atoms with van der Waals surface area (Å²) in [5.41, 5.74) is 2.59. The number of rotatable bonds is 2. The molecule has 0 radical (unpaired) electrons. The molecule has 6 rings (SSSR count). The Labute approximate surface area is 174 Å². The van der Waals surface area contributed by atoms with E-state index in [1.54, 1.807) is 0 Å². The highest BCUT2D eigenvalue weighted by molar-refractivity contribution is 5.62. The Morgan fingerprint density at radius 3 is 2.90 bits per heavy atom. The van der Waals surface area contributed by atoms with Crippen molar-refractivity contribution in [1.82, 2.24) is 14.5 Å². The van der Waals surface area contributed by atoms with Gasteiger partial charge in [0.2, 0.25) is 5.82 Å². The average Bonchev–Trinajstić information content (AvgIpc) is 3.17. The highest BCUT2D eigenvalue weighted by Crippen LogP contribution is 2.44. The van der Waals surface area contributed by atoms with E-state index in [9.17, 15) is 8.78 Å². The van der Waals surface area contributed by atoms with Gasteiger partial charge in [-0.1, -0.05) is 0 Å². The maximum Gasteiger partial charge on any atom is 0.311 e. The number of anilines is 1. The topological polar surface area (TPSA) is 37.0 Å². The fourth-order valence-electron chi connectivity index (χ4n) is 5.38. The zero-order valence-corrected chi connectivity index (χ0v) is 16.9. The van der Waals surface area contributed by atoms with E-state index in [1.165, 1.54) is 29.7 Å². The molecule has 0 aliphatic carbocycles. The van der Waals surface area contributed by atoms with Crippen molar-refractivity contribution in [2.45, 2.75) is 44.3 Å². The van der Waals surface area contributed by atoms with Gasteiger partial charge in [0.25, 0.3) is 0 Å². The van der Waals surface area contributed by atoms with Gasteiger partial charge >= 0.3 is 5.82 Å². The van der Waals surface area contributed by atoms with Gasteiger partial charge in [0.1, 0.15) is 28.9 Å².